The van der Waals surface area contributed by atoms with E-state index in [0.717, 1.165) is 0 Å². The molecule has 16 heavy (non-hydrogen) atoms. The van der Waals surface area contributed by atoms with Gasteiger partial charge in [-0.3, -0.25) is 9.97 Å². The van der Waals surface area contributed by atoms with Crippen LogP contribution in [0.2, 0.25) is 0 Å². The van der Waals surface area contributed by atoms with Crippen molar-refractivity contribution in [2.45, 2.75) is 10.5 Å². The molecule has 2 aromatic heterocycles. The van der Waals surface area contributed by atoms with Crippen molar-refractivity contribution in [3.05, 3.63) is 60.2 Å². The molecule has 0 amide bonds. The van der Waals surface area contributed by atoms with E-state index in [1.165, 1.54) is 11.1 Å². The predicted octanol–water partition coefficient (Wildman–Crippen LogP) is 3.65. The second-order valence-electron chi connectivity index (χ2n) is 3.59. The summed E-state index contributed by atoms with van der Waals surface area (Å²) in [4.78, 5) is 8.12. The molecule has 1 aliphatic rings. The van der Waals surface area contributed by atoms with Crippen LogP contribution >= 0.6 is 21.6 Å². The van der Waals surface area contributed by atoms with Crippen molar-refractivity contribution in [1.82, 2.24) is 9.97 Å². The first-order valence-electron chi connectivity index (χ1n) is 5.07. The quantitative estimate of drug-likeness (QED) is 0.755. The van der Waals surface area contributed by atoms with Gasteiger partial charge in [-0.25, -0.2) is 0 Å². The number of nitrogens with zero attached hydrogens (tertiary/aromatic N) is 2. The van der Waals surface area contributed by atoms with Crippen molar-refractivity contribution < 1.29 is 0 Å². The maximum atomic E-state index is 4.06. The lowest BCUT2D eigenvalue weighted by Crippen LogP contribution is -2.11. The highest BCUT2D eigenvalue weighted by Crippen LogP contribution is 2.65. The van der Waals surface area contributed by atoms with Gasteiger partial charge in [0.15, 0.2) is 0 Å². The van der Waals surface area contributed by atoms with Gasteiger partial charge in [-0.2, -0.15) is 0 Å². The van der Waals surface area contributed by atoms with Gasteiger partial charge in [0, 0.05) is 24.8 Å². The van der Waals surface area contributed by atoms with E-state index in [1.54, 1.807) is 0 Å². The van der Waals surface area contributed by atoms with E-state index >= 15 is 0 Å². The molecular formula is C12H10N2S2. The predicted molar refractivity (Wildman–Crippen MR) is 69.1 cm³/mol. The SMILES string of the molecule is c1cc(C2SSC2c2ccncc2)ccn1. The normalized spacial score (nSPS) is 23.8. The molecule has 0 aliphatic carbocycles. The van der Waals surface area contributed by atoms with E-state index in [-0.39, 0.29) is 0 Å². The number of hydrogen-bond donors (Lipinski definition) is 0. The van der Waals surface area contributed by atoms with Crippen molar-refractivity contribution in [3.63, 3.8) is 0 Å². The molecule has 1 saturated heterocycles. The highest BCUT2D eigenvalue weighted by atomic mass is 33.1. The highest BCUT2D eigenvalue weighted by molar-refractivity contribution is 8.79. The van der Waals surface area contributed by atoms with E-state index in [1.807, 2.05) is 46.4 Å². The van der Waals surface area contributed by atoms with Crippen molar-refractivity contribution in [1.29, 1.82) is 0 Å². The minimum Gasteiger partial charge on any atom is -0.265 e. The molecule has 80 valence electrons. The molecule has 4 heteroatoms. The molecule has 0 aromatic carbocycles. The van der Waals surface area contributed by atoms with E-state index in [2.05, 4.69) is 34.2 Å². The maximum absolute atomic E-state index is 4.06. The first kappa shape index (κ1) is 10.2. The summed E-state index contributed by atoms with van der Waals surface area (Å²) in [5.74, 6) is 0. The molecule has 0 bridgehead atoms. The Kier molecular flexibility index (Phi) is 2.84. The van der Waals surface area contributed by atoms with Gasteiger partial charge in [0.05, 0.1) is 10.5 Å². The van der Waals surface area contributed by atoms with Crippen LogP contribution in [0, 0.1) is 0 Å². The van der Waals surface area contributed by atoms with E-state index in [0.29, 0.717) is 10.5 Å². The van der Waals surface area contributed by atoms with Gasteiger partial charge < -0.3 is 0 Å². The van der Waals surface area contributed by atoms with Crippen LogP contribution in [0.4, 0.5) is 0 Å². The Morgan fingerprint density at radius 2 is 1.06 bits per heavy atom. The summed E-state index contributed by atoms with van der Waals surface area (Å²) in [7, 11) is 3.86. The Balaban J connectivity index is 1.85. The van der Waals surface area contributed by atoms with Crippen molar-refractivity contribution in [2.75, 3.05) is 0 Å². The topological polar surface area (TPSA) is 25.8 Å². The average Bonchev–Trinajstić information content (AvgIpc) is 2.30. The summed E-state index contributed by atoms with van der Waals surface area (Å²) in [6.07, 6.45) is 7.45. The zero-order valence-corrected chi connectivity index (χ0v) is 10.1. The molecular weight excluding hydrogens is 236 g/mol. The van der Waals surface area contributed by atoms with Crippen LogP contribution in [-0.4, -0.2) is 9.97 Å². The summed E-state index contributed by atoms with van der Waals surface area (Å²) >= 11 is 0. The molecule has 1 aliphatic heterocycles. The fourth-order valence-corrected chi connectivity index (χ4v) is 4.58. The standard InChI is InChI=1S/C12H10N2S2/c1-5-13-6-2-9(1)11-12(16-15-11)10-3-7-14-8-4-10/h1-8,11-12H. The summed E-state index contributed by atoms with van der Waals surface area (Å²) < 4.78 is 0. The molecule has 2 nitrogen and oxygen atoms in total. The molecule has 2 atom stereocenters. The number of hydrogen-bond acceptors (Lipinski definition) is 4. The van der Waals surface area contributed by atoms with Gasteiger partial charge in [0.25, 0.3) is 0 Å². The summed E-state index contributed by atoms with van der Waals surface area (Å²) in [5, 5.41) is 1.10. The zero-order valence-electron chi connectivity index (χ0n) is 8.48. The van der Waals surface area contributed by atoms with Gasteiger partial charge >= 0.3 is 0 Å². The average molecular weight is 246 g/mol. The molecule has 0 saturated carbocycles. The fraction of sp³-hybridized carbons (Fsp3) is 0.167. The minimum absolute atomic E-state index is 0.551. The Morgan fingerprint density at radius 3 is 1.38 bits per heavy atom. The van der Waals surface area contributed by atoms with Crippen LogP contribution < -0.4 is 0 Å². The first-order chi connectivity index (χ1) is 7.95. The van der Waals surface area contributed by atoms with Crippen LogP contribution in [0.15, 0.2) is 49.1 Å². The van der Waals surface area contributed by atoms with Crippen LogP contribution in [0.1, 0.15) is 21.6 Å². The molecule has 3 rings (SSSR count). The van der Waals surface area contributed by atoms with E-state index in [4.69, 9.17) is 0 Å². The molecule has 2 aromatic rings. The van der Waals surface area contributed by atoms with Crippen LogP contribution in [0.5, 0.6) is 0 Å². The Bertz CT molecular complexity index is 415. The molecule has 0 radical (unpaired) electrons. The molecule has 0 N–H and O–H groups in total. The molecule has 2 unspecified atom stereocenters. The third kappa shape index (κ3) is 1.83. The van der Waals surface area contributed by atoms with Gasteiger partial charge in [0.1, 0.15) is 0 Å². The Hall–Kier alpha value is -1.00. The molecule has 0 spiro atoms. The van der Waals surface area contributed by atoms with Gasteiger partial charge in [-0.05, 0) is 35.4 Å². The monoisotopic (exact) mass is 246 g/mol. The Morgan fingerprint density at radius 1 is 0.688 bits per heavy atom. The summed E-state index contributed by atoms with van der Waals surface area (Å²) in [5.41, 5.74) is 2.72. The second kappa shape index (κ2) is 4.47. The lowest BCUT2D eigenvalue weighted by Gasteiger charge is -2.35. The van der Waals surface area contributed by atoms with E-state index in [9.17, 15) is 0 Å². The van der Waals surface area contributed by atoms with Crippen LogP contribution in [0.25, 0.3) is 0 Å². The molecule has 3 heterocycles. The van der Waals surface area contributed by atoms with Crippen molar-refractivity contribution >= 4 is 21.6 Å². The van der Waals surface area contributed by atoms with E-state index < -0.39 is 0 Å². The van der Waals surface area contributed by atoms with Crippen molar-refractivity contribution in [3.8, 4) is 0 Å². The summed E-state index contributed by atoms with van der Waals surface area (Å²) in [6, 6.07) is 8.41. The lowest BCUT2D eigenvalue weighted by molar-refractivity contribution is 0.894. The molecule has 1 fully saturated rings. The lowest BCUT2D eigenvalue weighted by atomic mass is 10.1. The third-order valence-corrected chi connectivity index (χ3v) is 5.97. The third-order valence-electron chi connectivity index (χ3n) is 2.61. The number of aromatic nitrogens is 2. The largest absolute Gasteiger partial charge is 0.265 e. The second-order valence-corrected chi connectivity index (χ2v) is 6.15. The minimum atomic E-state index is 0.551. The van der Waals surface area contributed by atoms with Gasteiger partial charge in [0.2, 0.25) is 0 Å². The fourth-order valence-electron chi connectivity index (χ4n) is 1.73. The summed E-state index contributed by atoms with van der Waals surface area (Å²) in [6.45, 7) is 0. The van der Waals surface area contributed by atoms with Crippen LogP contribution in [0.3, 0.4) is 0 Å². The highest BCUT2D eigenvalue weighted by Gasteiger charge is 2.35. The number of rotatable bonds is 2. The van der Waals surface area contributed by atoms with Gasteiger partial charge in [-0.1, -0.05) is 21.6 Å². The van der Waals surface area contributed by atoms with Gasteiger partial charge in [-0.15, -0.1) is 0 Å². The van der Waals surface area contributed by atoms with Crippen molar-refractivity contribution in [2.24, 2.45) is 0 Å². The Labute approximate surface area is 102 Å². The maximum Gasteiger partial charge on any atom is 0.0570 e. The van der Waals surface area contributed by atoms with Crippen LogP contribution in [-0.2, 0) is 0 Å². The zero-order chi connectivity index (χ0) is 10.8. The first-order valence-corrected chi connectivity index (χ1v) is 7.35. The number of pyridine rings is 2. The smallest absolute Gasteiger partial charge is 0.0570 e.